The van der Waals surface area contributed by atoms with Gasteiger partial charge in [0.15, 0.2) is 0 Å². The van der Waals surface area contributed by atoms with Gasteiger partial charge in [-0.2, -0.15) is 0 Å². The molecule has 0 radical (unpaired) electrons. The fourth-order valence-corrected chi connectivity index (χ4v) is 3.14. The Balaban J connectivity index is 1.74. The van der Waals surface area contributed by atoms with Gasteiger partial charge in [-0.3, -0.25) is 4.79 Å². The van der Waals surface area contributed by atoms with E-state index in [1.807, 2.05) is 29.2 Å². The number of anilines is 3. The van der Waals surface area contributed by atoms with E-state index in [0.717, 1.165) is 18.8 Å². The number of aromatic nitrogens is 1. The van der Waals surface area contributed by atoms with Crippen LogP contribution in [-0.4, -0.2) is 48.1 Å². The average Bonchev–Trinajstić information content (AvgIpc) is 2.68. The fourth-order valence-electron chi connectivity index (χ4n) is 3.01. The van der Waals surface area contributed by atoms with E-state index in [1.165, 1.54) is 12.3 Å². The van der Waals surface area contributed by atoms with Crippen molar-refractivity contribution >= 4 is 40.7 Å². The quantitative estimate of drug-likeness (QED) is 0.818. The van der Waals surface area contributed by atoms with Crippen molar-refractivity contribution in [2.45, 2.75) is 13.3 Å². The summed E-state index contributed by atoms with van der Waals surface area (Å²) in [6.45, 7) is 4.52. The van der Waals surface area contributed by atoms with Crippen LogP contribution in [0.4, 0.5) is 17.2 Å². The van der Waals surface area contributed by atoms with Gasteiger partial charge in [0, 0.05) is 43.3 Å². The molecule has 27 heavy (non-hydrogen) atoms. The lowest BCUT2D eigenvalue weighted by Gasteiger charge is -2.37. The minimum Gasteiger partial charge on any atom is -0.478 e. The molecule has 0 spiro atoms. The van der Waals surface area contributed by atoms with Crippen molar-refractivity contribution in [3.05, 3.63) is 47.1 Å². The zero-order valence-corrected chi connectivity index (χ0v) is 15.7. The Morgan fingerprint density at radius 2 is 1.78 bits per heavy atom. The molecule has 0 saturated carbocycles. The Labute approximate surface area is 162 Å². The lowest BCUT2D eigenvalue weighted by molar-refractivity contribution is -0.115. The third kappa shape index (κ3) is 4.49. The zero-order chi connectivity index (χ0) is 19.4. The van der Waals surface area contributed by atoms with E-state index in [0.29, 0.717) is 36.0 Å². The number of nitrogens with one attached hydrogen (secondary N) is 1. The molecule has 0 aliphatic carbocycles. The van der Waals surface area contributed by atoms with Crippen molar-refractivity contribution in [2.75, 3.05) is 41.3 Å². The Hall–Kier alpha value is -2.80. The van der Waals surface area contributed by atoms with Gasteiger partial charge >= 0.3 is 5.97 Å². The molecule has 142 valence electrons. The van der Waals surface area contributed by atoms with E-state index in [1.54, 1.807) is 6.92 Å². The summed E-state index contributed by atoms with van der Waals surface area (Å²) >= 11 is 5.94. The van der Waals surface area contributed by atoms with Crippen LogP contribution in [0.15, 0.2) is 36.5 Å². The molecule has 1 aliphatic rings. The summed E-state index contributed by atoms with van der Waals surface area (Å²) in [6, 6.07) is 9.13. The minimum absolute atomic E-state index is 0.0869. The SMILES string of the molecule is CCC(=O)Nc1cnc(N2CCN(c3ccc(Cl)cc3)CC2)c(C(=O)O)c1. The molecule has 3 rings (SSSR count). The number of hydrogen-bond acceptors (Lipinski definition) is 5. The van der Waals surface area contributed by atoms with Gasteiger partial charge in [0.1, 0.15) is 11.4 Å². The average molecular weight is 389 g/mol. The first-order chi connectivity index (χ1) is 13.0. The maximum absolute atomic E-state index is 11.7. The number of hydrogen-bond donors (Lipinski definition) is 2. The highest BCUT2D eigenvalue weighted by Gasteiger charge is 2.23. The number of carboxylic acid groups (broad SMARTS) is 1. The topological polar surface area (TPSA) is 85.8 Å². The van der Waals surface area contributed by atoms with Crippen LogP contribution in [0.3, 0.4) is 0 Å². The molecule has 1 fully saturated rings. The lowest BCUT2D eigenvalue weighted by Crippen LogP contribution is -2.47. The molecule has 0 unspecified atom stereocenters. The molecular weight excluding hydrogens is 368 g/mol. The van der Waals surface area contributed by atoms with Crippen LogP contribution in [-0.2, 0) is 4.79 Å². The second kappa shape index (κ2) is 8.26. The van der Waals surface area contributed by atoms with Crippen LogP contribution in [0.2, 0.25) is 5.02 Å². The van der Waals surface area contributed by atoms with E-state index < -0.39 is 5.97 Å². The number of halogens is 1. The Morgan fingerprint density at radius 1 is 1.15 bits per heavy atom. The van der Waals surface area contributed by atoms with E-state index in [2.05, 4.69) is 15.2 Å². The summed E-state index contributed by atoms with van der Waals surface area (Å²) in [5, 5.41) is 12.9. The Bertz CT molecular complexity index is 833. The van der Waals surface area contributed by atoms with Gasteiger partial charge in [0.05, 0.1) is 11.9 Å². The highest BCUT2D eigenvalue weighted by atomic mass is 35.5. The van der Waals surface area contributed by atoms with Crippen LogP contribution >= 0.6 is 11.6 Å². The molecule has 1 amide bonds. The highest BCUT2D eigenvalue weighted by molar-refractivity contribution is 6.30. The van der Waals surface area contributed by atoms with Gasteiger partial charge in [0.2, 0.25) is 5.91 Å². The van der Waals surface area contributed by atoms with E-state index in [9.17, 15) is 14.7 Å². The van der Waals surface area contributed by atoms with Crippen molar-refractivity contribution in [2.24, 2.45) is 0 Å². The normalized spacial score (nSPS) is 14.1. The molecule has 8 heteroatoms. The van der Waals surface area contributed by atoms with Crippen LogP contribution in [0.25, 0.3) is 0 Å². The monoisotopic (exact) mass is 388 g/mol. The molecule has 1 aliphatic heterocycles. The van der Waals surface area contributed by atoms with Gasteiger partial charge in [-0.05, 0) is 30.3 Å². The molecule has 2 heterocycles. The number of benzene rings is 1. The van der Waals surface area contributed by atoms with E-state index in [-0.39, 0.29) is 11.5 Å². The maximum atomic E-state index is 11.7. The van der Waals surface area contributed by atoms with Crippen molar-refractivity contribution in [1.82, 2.24) is 4.98 Å². The Morgan fingerprint density at radius 3 is 2.37 bits per heavy atom. The fraction of sp³-hybridized carbons (Fsp3) is 0.316. The van der Waals surface area contributed by atoms with Gasteiger partial charge in [-0.15, -0.1) is 0 Å². The predicted molar refractivity (Wildman–Crippen MR) is 106 cm³/mol. The van der Waals surface area contributed by atoms with Crippen molar-refractivity contribution < 1.29 is 14.7 Å². The summed E-state index contributed by atoms with van der Waals surface area (Å²) < 4.78 is 0. The minimum atomic E-state index is -1.06. The smallest absolute Gasteiger partial charge is 0.339 e. The number of pyridine rings is 1. The molecule has 1 saturated heterocycles. The Kier molecular flexibility index (Phi) is 5.81. The molecule has 0 bridgehead atoms. The molecule has 2 N–H and O–H groups in total. The summed E-state index contributed by atoms with van der Waals surface area (Å²) in [7, 11) is 0. The number of carbonyl (C=O) groups excluding carboxylic acids is 1. The molecule has 1 aromatic heterocycles. The predicted octanol–water partition coefficient (Wildman–Crippen LogP) is 3.11. The third-order valence-corrected chi connectivity index (χ3v) is 4.72. The van der Waals surface area contributed by atoms with Gasteiger partial charge in [0.25, 0.3) is 0 Å². The number of carbonyl (C=O) groups is 2. The van der Waals surface area contributed by atoms with Crippen molar-refractivity contribution in [1.29, 1.82) is 0 Å². The first-order valence-corrected chi connectivity index (χ1v) is 9.14. The van der Waals surface area contributed by atoms with E-state index >= 15 is 0 Å². The van der Waals surface area contributed by atoms with E-state index in [4.69, 9.17) is 11.6 Å². The number of carboxylic acids is 1. The second-order valence-corrected chi connectivity index (χ2v) is 6.69. The second-order valence-electron chi connectivity index (χ2n) is 6.25. The van der Waals surface area contributed by atoms with Crippen LogP contribution in [0, 0.1) is 0 Å². The zero-order valence-electron chi connectivity index (χ0n) is 15.0. The molecule has 2 aromatic rings. The van der Waals surface area contributed by atoms with Gasteiger partial charge in [-0.1, -0.05) is 18.5 Å². The highest BCUT2D eigenvalue weighted by Crippen LogP contribution is 2.25. The van der Waals surface area contributed by atoms with Crippen LogP contribution < -0.4 is 15.1 Å². The third-order valence-electron chi connectivity index (χ3n) is 4.47. The van der Waals surface area contributed by atoms with Crippen LogP contribution in [0.1, 0.15) is 23.7 Å². The number of aromatic carboxylic acids is 1. The van der Waals surface area contributed by atoms with Crippen LogP contribution in [0.5, 0.6) is 0 Å². The van der Waals surface area contributed by atoms with Gasteiger partial charge in [-0.25, -0.2) is 9.78 Å². The standard InChI is InChI=1S/C19H21ClN4O3/c1-2-17(25)22-14-11-16(19(26)27)18(21-12-14)24-9-7-23(8-10-24)15-5-3-13(20)4-6-15/h3-6,11-12H,2,7-10H2,1H3,(H,22,25)(H,26,27). The first-order valence-electron chi connectivity index (χ1n) is 8.76. The number of nitrogens with zero attached hydrogens (tertiary/aromatic N) is 3. The number of piperazine rings is 1. The summed E-state index contributed by atoms with van der Waals surface area (Å²) in [4.78, 5) is 31.7. The molecule has 7 nitrogen and oxygen atoms in total. The number of rotatable bonds is 5. The molecular formula is C19H21ClN4O3. The lowest BCUT2D eigenvalue weighted by atomic mass is 10.2. The van der Waals surface area contributed by atoms with Gasteiger partial charge < -0.3 is 20.2 Å². The first kappa shape index (κ1) is 19.0. The maximum Gasteiger partial charge on any atom is 0.339 e. The van der Waals surface area contributed by atoms with Crippen molar-refractivity contribution in [3.63, 3.8) is 0 Å². The summed E-state index contributed by atoms with van der Waals surface area (Å²) in [5.41, 5.74) is 1.56. The number of amides is 1. The molecule has 1 aromatic carbocycles. The largest absolute Gasteiger partial charge is 0.478 e. The summed E-state index contributed by atoms with van der Waals surface area (Å²) in [6.07, 6.45) is 1.82. The van der Waals surface area contributed by atoms with Crippen molar-refractivity contribution in [3.8, 4) is 0 Å². The summed E-state index contributed by atoms with van der Waals surface area (Å²) in [5.74, 6) is -0.824. The molecule has 0 atom stereocenters.